The van der Waals surface area contributed by atoms with Crippen molar-refractivity contribution in [1.29, 1.82) is 0 Å². The summed E-state index contributed by atoms with van der Waals surface area (Å²) in [7, 11) is 5.76. The van der Waals surface area contributed by atoms with Crippen molar-refractivity contribution in [2.45, 2.75) is 32.2 Å². The normalized spacial score (nSPS) is 17.9. The summed E-state index contributed by atoms with van der Waals surface area (Å²) in [5.41, 5.74) is 0.574. The van der Waals surface area contributed by atoms with Crippen molar-refractivity contribution in [3.05, 3.63) is 29.6 Å². The fourth-order valence-corrected chi connectivity index (χ4v) is 4.40. The van der Waals surface area contributed by atoms with Gasteiger partial charge in [0.1, 0.15) is 11.5 Å². The number of nitrogens with zero attached hydrogens (tertiary/aromatic N) is 7. The van der Waals surface area contributed by atoms with Crippen LogP contribution in [0.3, 0.4) is 0 Å². The number of rotatable bonds is 5. The van der Waals surface area contributed by atoms with Crippen LogP contribution in [0.25, 0.3) is 0 Å². The summed E-state index contributed by atoms with van der Waals surface area (Å²) in [6.45, 7) is 3.49. The summed E-state index contributed by atoms with van der Waals surface area (Å²) in [4.78, 5) is 29.2. The summed E-state index contributed by atoms with van der Waals surface area (Å²) in [5, 5.41) is 15.6. The van der Waals surface area contributed by atoms with E-state index in [2.05, 4.69) is 20.6 Å². The highest BCUT2D eigenvalue weighted by atomic mass is 16.2. The lowest BCUT2D eigenvalue weighted by atomic mass is 9.73. The third-order valence-corrected chi connectivity index (χ3v) is 6.29. The van der Waals surface area contributed by atoms with E-state index in [1.54, 1.807) is 16.9 Å². The van der Waals surface area contributed by atoms with Crippen molar-refractivity contribution in [3.63, 3.8) is 0 Å². The molecule has 4 rings (SSSR count). The number of carbonyl (C=O) groups is 2. The van der Waals surface area contributed by atoms with Crippen LogP contribution in [-0.2, 0) is 20.0 Å². The largest absolute Gasteiger partial charge is 0.348 e. The molecule has 10 nitrogen and oxygen atoms in total. The second kappa shape index (κ2) is 8.17. The Morgan fingerprint density at radius 2 is 1.97 bits per heavy atom. The number of likely N-dealkylation sites (N-methyl/N-ethyl adjacent to an activating group) is 1. The summed E-state index contributed by atoms with van der Waals surface area (Å²) >= 11 is 0. The van der Waals surface area contributed by atoms with Crippen molar-refractivity contribution in [1.82, 2.24) is 39.7 Å². The van der Waals surface area contributed by atoms with Gasteiger partial charge in [-0.1, -0.05) is 0 Å². The van der Waals surface area contributed by atoms with E-state index in [4.69, 9.17) is 0 Å². The third kappa shape index (κ3) is 4.09. The number of nitrogens with one attached hydrogen (secondary N) is 1. The maximum atomic E-state index is 12.7. The molecule has 30 heavy (non-hydrogen) atoms. The first-order valence-electron chi connectivity index (χ1n) is 10.5. The highest BCUT2D eigenvalue weighted by Crippen LogP contribution is 2.41. The molecule has 0 unspecified atom stereocenters. The second-order valence-corrected chi connectivity index (χ2v) is 8.75. The molecule has 0 aliphatic carbocycles. The van der Waals surface area contributed by atoms with E-state index in [1.165, 1.54) is 0 Å². The second-order valence-electron chi connectivity index (χ2n) is 8.75. The van der Waals surface area contributed by atoms with Crippen LogP contribution in [0.2, 0.25) is 0 Å². The minimum Gasteiger partial charge on any atom is -0.348 e. The van der Waals surface area contributed by atoms with Gasteiger partial charge in [0.25, 0.3) is 11.8 Å². The van der Waals surface area contributed by atoms with E-state index in [9.17, 15) is 9.59 Å². The van der Waals surface area contributed by atoms with Crippen LogP contribution in [0.4, 0.5) is 0 Å². The molecule has 0 atom stereocenters. The predicted molar refractivity (Wildman–Crippen MR) is 110 cm³/mol. The van der Waals surface area contributed by atoms with E-state index in [-0.39, 0.29) is 17.2 Å². The highest BCUT2D eigenvalue weighted by molar-refractivity contribution is 5.92. The van der Waals surface area contributed by atoms with Crippen LogP contribution in [0.5, 0.6) is 0 Å². The molecule has 1 fully saturated rings. The van der Waals surface area contributed by atoms with Crippen molar-refractivity contribution in [2.75, 3.05) is 40.3 Å². The van der Waals surface area contributed by atoms with Crippen LogP contribution < -0.4 is 5.32 Å². The highest BCUT2D eigenvalue weighted by Gasteiger charge is 2.41. The molecule has 2 aliphatic rings. The maximum Gasteiger partial charge on any atom is 0.289 e. The van der Waals surface area contributed by atoms with E-state index >= 15 is 0 Å². The number of amides is 2. The molecule has 0 bridgehead atoms. The van der Waals surface area contributed by atoms with Gasteiger partial charge < -0.3 is 19.7 Å². The number of carbonyl (C=O) groups excluding carboxylic acids is 2. The summed E-state index contributed by atoms with van der Waals surface area (Å²) in [5.74, 6) is 1.10. The maximum absolute atomic E-state index is 12.7. The number of piperidine rings is 1. The molecule has 0 aromatic carbocycles. The molecule has 2 aromatic heterocycles. The summed E-state index contributed by atoms with van der Waals surface area (Å²) in [6.07, 6.45) is 5.43. The fourth-order valence-electron chi connectivity index (χ4n) is 4.40. The van der Waals surface area contributed by atoms with E-state index in [1.807, 2.05) is 35.5 Å². The number of fused-ring (bicyclic) bond motifs is 1. The first-order valence-corrected chi connectivity index (χ1v) is 10.5. The summed E-state index contributed by atoms with van der Waals surface area (Å²) < 4.78 is 3.64. The molecule has 2 amide bonds. The van der Waals surface area contributed by atoms with Gasteiger partial charge >= 0.3 is 0 Å². The Hall–Kier alpha value is -2.75. The summed E-state index contributed by atoms with van der Waals surface area (Å²) in [6, 6.07) is 1.76. The zero-order valence-corrected chi connectivity index (χ0v) is 18.0. The Morgan fingerprint density at radius 1 is 1.20 bits per heavy atom. The van der Waals surface area contributed by atoms with E-state index in [0.717, 1.165) is 44.6 Å². The molecule has 1 saturated heterocycles. The average Bonchev–Trinajstić information content (AvgIpc) is 3.33. The quantitative estimate of drug-likeness (QED) is 0.749. The monoisotopic (exact) mass is 414 g/mol. The lowest BCUT2D eigenvalue weighted by molar-refractivity contribution is 0.0460. The molecular formula is C20H30N8O2. The molecule has 0 saturated carbocycles. The van der Waals surface area contributed by atoms with Gasteiger partial charge in [0.05, 0.1) is 0 Å². The van der Waals surface area contributed by atoms with Crippen molar-refractivity contribution in [3.8, 4) is 0 Å². The van der Waals surface area contributed by atoms with Crippen molar-refractivity contribution >= 4 is 11.8 Å². The number of hydrogen-bond acceptors (Lipinski definition) is 6. The molecule has 1 spiro atoms. The van der Waals surface area contributed by atoms with Crippen LogP contribution in [0.1, 0.15) is 46.2 Å². The topological polar surface area (TPSA) is 101 Å². The average molecular weight is 415 g/mol. The number of hydrogen-bond donors (Lipinski definition) is 1. The van der Waals surface area contributed by atoms with Gasteiger partial charge in [0.15, 0.2) is 0 Å². The van der Waals surface area contributed by atoms with Gasteiger partial charge in [-0.25, -0.2) is 0 Å². The van der Waals surface area contributed by atoms with Crippen LogP contribution in [-0.4, -0.2) is 86.4 Å². The van der Waals surface area contributed by atoms with Gasteiger partial charge in [0, 0.05) is 52.4 Å². The van der Waals surface area contributed by atoms with Crippen LogP contribution in [0.15, 0.2) is 12.3 Å². The van der Waals surface area contributed by atoms with Crippen molar-refractivity contribution < 1.29 is 9.59 Å². The first kappa shape index (κ1) is 20.5. The molecule has 1 N–H and O–H groups in total. The molecule has 162 valence electrons. The zero-order chi connectivity index (χ0) is 21.3. The molecule has 2 aromatic rings. The Labute approximate surface area is 176 Å². The number of aryl methyl sites for hydroxylation is 2. The van der Waals surface area contributed by atoms with Gasteiger partial charge in [0.2, 0.25) is 5.82 Å². The SMILES string of the molecule is CN(C)CCNC(=O)c1nnc2n1CC1(CC2)CCN(C(=O)c2ccn(C)n2)CC1. The van der Waals surface area contributed by atoms with Gasteiger partial charge in [-0.3, -0.25) is 14.3 Å². The Bertz CT molecular complexity index is 923. The molecular weight excluding hydrogens is 384 g/mol. The van der Waals surface area contributed by atoms with Crippen LogP contribution in [0, 0.1) is 5.41 Å². The van der Waals surface area contributed by atoms with E-state index in [0.29, 0.717) is 31.2 Å². The Morgan fingerprint density at radius 3 is 2.63 bits per heavy atom. The lowest BCUT2D eigenvalue weighted by Gasteiger charge is -2.44. The third-order valence-electron chi connectivity index (χ3n) is 6.29. The minimum atomic E-state index is -0.171. The molecule has 0 radical (unpaired) electrons. The smallest absolute Gasteiger partial charge is 0.289 e. The standard InChI is InChI=1S/C20H30N8O2/c1-25(2)13-9-21-18(29)17-23-22-16-4-6-20(14-28(16)17)7-11-27(12-8-20)19(30)15-5-10-26(3)24-15/h5,10H,4,6-9,11-14H2,1-3H3,(H,21,29). The molecule has 10 heteroatoms. The lowest BCUT2D eigenvalue weighted by Crippen LogP contribution is -2.47. The van der Waals surface area contributed by atoms with Gasteiger partial charge in [-0.2, -0.15) is 5.10 Å². The number of likely N-dealkylation sites (tertiary alicyclic amines) is 1. The van der Waals surface area contributed by atoms with Gasteiger partial charge in [-0.15, -0.1) is 10.2 Å². The molecule has 2 aliphatic heterocycles. The van der Waals surface area contributed by atoms with E-state index < -0.39 is 0 Å². The Kier molecular flexibility index (Phi) is 5.59. The minimum absolute atomic E-state index is 0.00722. The van der Waals surface area contributed by atoms with Crippen LogP contribution >= 0.6 is 0 Å². The zero-order valence-electron chi connectivity index (χ0n) is 18.0. The first-order chi connectivity index (χ1) is 14.4. The molecule has 4 heterocycles. The Balaban J connectivity index is 1.40. The van der Waals surface area contributed by atoms with Gasteiger partial charge in [-0.05, 0) is 44.8 Å². The fraction of sp³-hybridized carbons (Fsp3) is 0.650. The van der Waals surface area contributed by atoms with Crippen molar-refractivity contribution in [2.24, 2.45) is 12.5 Å². The number of aromatic nitrogens is 5. The predicted octanol–water partition coefficient (Wildman–Crippen LogP) is 0.172.